The fourth-order valence-electron chi connectivity index (χ4n) is 2.39. The summed E-state index contributed by atoms with van der Waals surface area (Å²) in [6.07, 6.45) is 4.74. The maximum Gasteiger partial charge on any atom is 0.244 e. The van der Waals surface area contributed by atoms with Gasteiger partial charge in [0.1, 0.15) is 6.04 Å². The van der Waals surface area contributed by atoms with Crippen LogP contribution in [0.4, 0.5) is 11.5 Å². The van der Waals surface area contributed by atoms with E-state index < -0.39 is 0 Å². The molecule has 98 valence electrons. The Bertz CT molecular complexity index is 433. The number of rotatable bonds is 2. The van der Waals surface area contributed by atoms with Crippen molar-refractivity contribution in [3.8, 4) is 0 Å². The summed E-state index contributed by atoms with van der Waals surface area (Å²) in [7, 11) is 3.58. The van der Waals surface area contributed by atoms with E-state index in [-0.39, 0.29) is 11.9 Å². The van der Waals surface area contributed by atoms with Crippen LogP contribution in [0.2, 0.25) is 0 Å². The second kappa shape index (κ2) is 5.25. The zero-order chi connectivity index (χ0) is 13.1. The van der Waals surface area contributed by atoms with Gasteiger partial charge in [0.15, 0.2) is 5.82 Å². The summed E-state index contributed by atoms with van der Waals surface area (Å²) in [6, 6.07) is 3.51. The Labute approximate surface area is 108 Å². The van der Waals surface area contributed by atoms with Gasteiger partial charge in [0.25, 0.3) is 0 Å². The van der Waals surface area contributed by atoms with Crippen LogP contribution >= 0.6 is 0 Å². The van der Waals surface area contributed by atoms with Crippen LogP contribution in [0.25, 0.3) is 0 Å². The minimum absolute atomic E-state index is 0.125. The first-order valence-electron chi connectivity index (χ1n) is 6.29. The molecule has 1 aliphatic rings. The van der Waals surface area contributed by atoms with Gasteiger partial charge in [-0.2, -0.15) is 0 Å². The molecule has 2 heterocycles. The van der Waals surface area contributed by atoms with E-state index in [0.29, 0.717) is 5.69 Å². The van der Waals surface area contributed by atoms with E-state index in [1.54, 1.807) is 25.2 Å². The fourth-order valence-corrected chi connectivity index (χ4v) is 2.39. The number of hydrogen-bond donors (Lipinski definition) is 1. The van der Waals surface area contributed by atoms with Gasteiger partial charge in [0.05, 0.1) is 5.69 Å². The third kappa shape index (κ3) is 2.39. The molecule has 0 saturated carbocycles. The predicted molar refractivity (Wildman–Crippen MR) is 72.3 cm³/mol. The molecule has 1 aromatic rings. The molecule has 0 radical (unpaired) electrons. The Balaban J connectivity index is 2.29. The SMILES string of the molecule is CN(C)C(=O)C1CCCCN1c1ncccc1N. The number of amides is 1. The molecule has 2 rings (SSSR count). The Kier molecular flexibility index (Phi) is 3.69. The molecule has 0 aliphatic carbocycles. The van der Waals surface area contributed by atoms with Gasteiger partial charge in [-0.05, 0) is 31.4 Å². The zero-order valence-corrected chi connectivity index (χ0v) is 11.0. The largest absolute Gasteiger partial charge is 0.396 e. The van der Waals surface area contributed by atoms with Crippen LogP contribution in [0.5, 0.6) is 0 Å². The number of piperidine rings is 1. The number of nitrogen functional groups attached to an aromatic ring is 1. The molecule has 1 saturated heterocycles. The van der Waals surface area contributed by atoms with Crippen molar-refractivity contribution in [3.63, 3.8) is 0 Å². The van der Waals surface area contributed by atoms with Crippen LogP contribution < -0.4 is 10.6 Å². The topological polar surface area (TPSA) is 62.5 Å². The van der Waals surface area contributed by atoms with Crippen molar-refractivity contribution >= 4 is 17.4 Å². The summed E-state index contributed by atoms with van der Waals surface area (Å²) in [6.45, 7) is 0.839. The summed E-state index contributed by atoms with van der Waals surface area (Å²) >= 11 is 0. The van der Waals surface area contributed by atoms with Crippen LogP contribution in [0.3, 0.4) is 0 Å². The molecule has 1 aliphatic heterocycles. The minimum atomic E-state index is -0.133. The standard InChI is InChI=1S/C13H20N4O/c1-16(2)13(18)11-7-3-4-9-17(11)12-10(14)6-5-8-15-12/h5-6,8,11H,3-4,7,9,14H2,1-2H3. The number of pyridine rings is 1. The highest BCUT2D eigenvalue weighted by Crippen LogP contribution is 2.27. The second-order valence-corrected chi connectivity index (χ2v) is 4.85. The summed E-state index contributed by atoms with van der Waals surface area (Å²) in [5, 5.41) is 0. The molecule has 18 heavy (non-hydrogen) atoms. The highest BCUT2D eigenvalue weighted by atomic mass is 16.2. The van der Waals surface area contributed by atoms with E-state index in [2.05, 4.69) is 4.98 Å². The molecule has 2 N–H and O–H groups in total. The number of nitrogens with two attached hydrogens (primary N) is 1. The molecule has 0 spiro atoms. The lowest BCUT2D eigenvalue weighted by Crippen LogP contribution is -2.49. The van der Waals surface area contributed by atoms with Gasteiger partial charge in [-0.25, -0.2) is 4.98 Å². The van der Waals surface area contributed by atoms with Crippen molar-refractivity contribution in [2.45, 2.75) is 25.3 Å². The molecule has 5 nitrogen and oxygen atoms in total. The molecule has 0 bridgehead atoms. The van der Waals surface area contributed by atoms with E-state index >= 15 is 0 Å². The minimum Gasteiger partial charge on any atom is -0.396 e. The first-order valence-corrected chi connectivity index (χ1v) is 6.29. The molecule has 1 aromatic heterocycles. The Morgan fingerprint density at radius 1 is 1.50 bits per heavy atom. The van der Waals surface area contributed by atoms with Crippen molar-refractivity contribution in [1.29, 1.82) is 0 Å². The van der Waals surface area contributed by atoms with Crippen LogP contribution in [0.1, 0.15) is 19.3 Å². The average molecular weight is 248 g/mol. The van der Waals surface area contributed by atoms with Crippen molar-refractivity contribution in [3.05, 3.63) is 18.3 Å². The van der Waals surface area contributed by atoms with Crippen LogP contribution in [0.15, 0.2) is 18.3 Å². The van der Waals surface area contributed by atoms with Gasteiger partial charge in [-0.1, -0.05) is 0 Å². The maximum atomic E-state index is 12.2. The monoisotopic (exact) mass is 248 g/mol. The normalized spacial score (nSPS) is 19.7. The molecular weight excluding hydrogens is 228 g/mol. The zero-order valence-electron chi connectivity index (χ0n) is 11.0. The van der Waals surface area contributed by atoms with Gasteiger partial charge < -0.3 is 15.5 Å². The highest BCUT2D eigenvalue weighted by molar-refractivity contribution is 5.86. The van der Waals surface area contributed by atoms with E-state index in [4.69, 9.17) is 5.73 Å². The van der Waals surface area contributed by atoms with E-state index in [1.165, 1.54) is 0 Å². The Hall–Kier alpha value is -1.78. The Morgan fingerprint density at radius 2 is 2.28 bits per heavy atom. The quantitative estimate of drug-likeness (QED) is 0.851. The maximum absolute atomic E-state index is 12.2. The molecule has 1 amide bonds. The summed E-state index contributed by atoms with van der Waals surface area (Å²) in [5.74, 6) is 0.858. The average Bonchev–Trinajstić information content (AvgIpc) is 2.38. The van der Waals surface area contributed by atoms with E-state index in [1.807, 2.05) is 17.0 Å². The predicted octanol–water partition coefficient (Wildman–Crippen LogP) is 1.11. The lowest BCUT2D eigenvalue weighted by atomic mass is 10.0. The highest BCUT2D eigenvalue weighted by Gasteiger charge is 2.31. The molecule has 0 aromatic carbocycles. The molecule has 1 atom stereocenters. The molecular formula is C13H20N4O. The number of carbonyl (C=O) groups is 1. The number of likely N-dealkylation sites (N-methyl/N-ethyl adjacent to an activating group) is 1. The second-order valence-electron chi connectivity index (χ2n) is 4.85. The first-order chi connectivity index (χ1) is 8.61. The van der Waals surface area contributed by atoms with Crippen LogP contribution in [-0.4, -0.2) is 42.5 Å². The fraction of sp³-hybridized carbons (Fsp3) is 0.538. The van der Waals surface area contributed by atoms with Crippen molar-refractivity contribution in [2.75, 3.05) is 31.3 Å². The third-order valence-corrected chi connectivity index (χ3v) is 3.32. The van der Waals surface area contributed by atoms with E-state index in [0.717, 1.165) is 31.6 Å². The van der Waals surface area contributed by atoms with Crippen molar-refractivity contribution in [2.24, 2.45) is 0 Å². The number of aromatic nitrogens is 1. The number of hydrogen-bond acceptors (Lipinski definition) is 4. The van der Waals surface area contributed by atoms with Crippen molar-refractivity contribution in [1.82, 2.24) is 9.88 Å². The van der Waals surface area contributed by atoms with Crippen molar-refractivity contribution < 1.29 is 4.79 Å². The number of carbonyl (C=O) groups excluding carboxylic acids is 1. The first kappa shape index (κ1) is 12.7. The van der Waals surface area contributed by atoms with Crippen LogP contribution in [0, 0.1) is 0 Å². The van der Waals surface area contributed by atoms with Gasteiger partial charge in [-0.3, -0.25) is 4.79 Å². The Morgan fingerprint density at radius 3 is 2.94 bits per heavy atom. The third-order valence-electron chi connectivity index (χ3n) is 3.32. The van der Waals surface area contributed by atoms with E-state index in [9.17, 15) is 4.79 Å². The molecule has 1 fully saturated rings. The van der Waals surface area contributed by atoms with Gasteiger partial charge in [0, 0.05) is 26.8 Å². The van der Waals surface area contributed by atoms with Gasteiger partial charge >= 0.3 is 0 Å². The lowest BCUT2D eigenvalue weighted by Gasteiger charge is -2.37. The van der Waals surface area contributed by atoms with Crippen LogP contribution in [-0.2, 0) is 4.79 Å². The summed E-state index contributed by atoms with van der Waals surface area (Å²) < 4.78 is 0. The smallest absolute Gasteiger partial charge is 0.244 e. The number of anilines is 2. The molecule has 1 unspecified atom stereocenters. The van der Waals surface area contributed by atoms with Gasteiger partial charge in [-0.15, -0.1) is 0 Å². The summed E-state index contributed by atoms with van der Waals surface area (Å²) in [4.78, 5) is 20.2. The summed E-state index contributed by atoms with van der Waals surface area (Å²) in [5.41, 5.74) is 6.60. The molecule has 5 heteroatoms. The number of nitrogens with zero attached hydrogens (tertiary/aromatic N) is 3. The lowest BCUT2D eigenvalue weighted by molar-refractivity contribution is -0.130. The van der Waals surface area contributed by atoms with Gasteiger partial charge in [0.2, 0.25) is 5.91 Å².